The number of rotatable bonds is 6. The lowest BCUT2D eigenvalue weighted by Gasteiger charge is -2.30. The summed E-state index contributed by atoms with van der Waals surface area (Å²) >= 11 is 0. The second-order valence-corrected chi connectivity index (χ2v) is 5.55. The standard InChI is InChI=1S/C14H19NO4.C4H8/c1-5-9(2)10-6-7-11(18-3)12(14(17)19-4)13(10)15-8-16;1-2-4-3-1/h6-8,10,13H,2,5H2,1,3-4H3,(H,15,16);1-4H2. The number of hydrogen-bond acceptors (Lipinski definition) is 4. The zero-order valence-corrected chi connectivity index (χ0v) is 14.3. The van der Waals surface area contributed by atoms with Crippen LogP contribution in [0.15, 0.2) is 35.6 Å². The zero-order chi connectivity index (χ0) is 17.2. The summed E-state index contributed by atoms with van der Waals surface area (Å²) in [5, 5.41) is 2.65. The summed E-state index contributed by atoms with van der Waals surface area (Å²) in [6.45, 7) is 5.95. The maximum Gasteiger partial charge on any atom is 0.339 e. The van der Waals surface area contributed by atoms with Crippen molar-refractivity contribution in [3.05, 3.63) is 35.6 Å². The maximum atomic E-state index is 11.9. The number of allylic oxidation sites excluding steroid dienone is 1. The van der Waals surface area contributed by atoms with Crippen molar-refractivity contribution in [1.82, 2.24) is 5.32 Å². The maximum absolute atomic E-state index is 11.9. The van der Waals surface area contributed by atoms with Crippen LogP contribution >= 0.6 is 0 Å². The van der Waals surface area contributed by atoms with Gasteiger partial charge >= 0.3 is 5.97 Å². The Kier molecular flexibility index (Phi) is 8.16. The van der Waals surface area contributed by atoms with E-state index < -0.39 is 12.0 Å². The van der Waals surface area contributed by atoms with Gasteiger partial charge in [0.25, 0.3) is 0 Å². The minimum atomic E-state index is -0.519. The molecule has 23 heavy (non-hydrogen) atoms. The summed E-state index contributed by atoms with van der Waals surface area (Å²) in [5.74, 6) is -0.274. The van der Waals surface area contributed by atoms with Crippen LogP contribution in [0.25, 0.3) is 0 Å². The molecule has 0 aromatic rings. The van der Waals surface area contributed by atoms with E-state index in [1.54, 1.807) is 6.08 Å². The van der Waals surface area contributed by atoms with E-state index in [0.717, 1.165) is 12.0 Å². The summed E-state index contributed by atoms with van der Waals surface area (Å²) in [6, 6.07) is -0.516. The quantitative estimate of drug-likeness (QED) is 0.464. The van der Waals surface area contributed by atoms with Crippen LogP contribution in [0.2, 0.25) is 0 Å². The van der Waals surface area contributed by atoms with E-state index in [2.05, 4.69) is 11.9 Å². The molecule has 1 amide bonds. The van der Waals surface area contributed by atoms with E-state index in [9.17, 15) is 9.59 Å². The Morgan fingerprint density at radius 1 is 1.35 bits per heavy atom. The molecule has 2 aliphatic rings. The van der Waals surface area contributed by atoms with Crippen LogP contribution in [-0.2, 0) is 19.1 Å². The minimum absolute atomic E-state index is 0.150. The van der Waals surface area contributed by atoms with E-state index in [4.69, 9.17) is 9.47 Å². The molecule has 1 fully saturated rings. The van der Waals surface area contributed by atoms with Gasteiger partial charge in [0.2, 0.25) is 6.41 Å². The number of carbonyl (C=O) groups is 2. The predicted octanol–water partition coefficient (Wildman–Crippen LogP) is 2.89. The predicted molar refractivity (Wildman–Crippen MR) is 89.6 cm³/mol. The number of amides is 1. The molecule has 5 nitrogen and oxygen atoms in total. The van der Waals surface area contributed by atoms with Crippen LogP contribution in [0.5, 0.6) is 0 Å². The lowest BCUT2D eigenvalue weighted by molar-refractivity contribution is -0.136. The first kappa shape index (κ1) is 19.0. The van der Waals surface area contributed by atoms with Crippen molar-refractivity contribution in [3.63, 3.8) is 0 Å². The Hall–Kier alpha value is -2.04. The Labute approximate surface area is 138 Å². The monoisotopic (exact) mass is 321 g/mol. The Bertz CT molecular complexity index is 485. The van der Waals surface area contributed by atoms with Gasteiger partial charge in [-0.25, -0.2) is 4.79 Å². The highest BCUT2D eigenvalue weighted by Gasteiger charge is 2.34. The molecule has 2 aliphatic carbocycles. The van der Waals surface area contributed by atoms with E-state index >= 15 is 0 Å². The molecule has 0 spiro atoms. The van der Waals surface area contributed by atoms with Gasteiger partial charge < -0.3 is 14.8 Å². The van der Waals surface area contributed by atoms with Crippen molar-refractivity contribution in [2.24, 2.45) is 5.92 Å². The zero-order valence-electron chi connectivity index (χ0n) is 14.3. The average Bonchev–Trinajstić information content (AvgIpc) is 2.51. The van der Waals surface area contributed by atoms with Gasteiger partial charge in [-0.1, -0.05) is 50.8 Å². The summed E-state index contributed by atoms with van der Waals surface area (Å²) < 4.78 is 9.94. The van der Waals surface area contributed by atoms with Crippen molar-refractivity contribution < 1.29 is 19.1 Å². The first-order valence-corrected chi connectivity index (χ1v) is 8.02. The van der Waals surface area contributed by atoms with E-state index in [-0.39, 0.29) is 5.92 Å². The Morgan fingerprint density at radius 3 is 2.35 bits per heavy atom. The van der Waals surface area contributed by atoms with Crippen LogP contribution in [-0.4, -0.2) is 32.6 Å². The van der Waals surface area contributed by atoms with Crippen LogP contribution in [0.1, 0.15) is 39.0 Å². The third-order valence-corrected chi connectivity index (χ3v) is 4.19. The van der Waals surface area contributed by atoms with Crippen molar-refractivity contribution in [3.8, 4) is 0 Å². The normalized spacial score (nSPS) is 22.2. The number of nitrogens with one attached hydrogen (secondary N) is 1. The number of esters is 1. The fourth-order valence-corrected chi connectivity index (χ4v) is 2.36. The topological polar surface area (TPSA) is 64.6 Å². The molecule has 0 aromatic heterocycles. The lowest BCUT2D eigenvalue weighted by Crippen LogP contribution is -2.42. The van der Waals surface area contributed by atoms with Crippen LogP contribution in [0.3, 0.4) is 0 Å². The second kappa shape index (κ2) is 9.87. The van der Waals surface area contributed by atoms with E-state index in [1.807, 2.05) is 13.0 Å². The molecule has 0 radical (unpaired) electrons. The lowest BCUT2D eigenvalue weighted by atomic mass is 9.82. The van der Waals surface area contributed by atoms with E-state index in [1.165, 1.54) is 39.9 Å². The van der Waals surface area contributed by atoms with Crippen molar-refractivity contribution in [2.45, 2.75) is 45.1 Å². The summed E-state index contributed by atoms with van der Waals surface area (Å²) in [7, 11) is 2.76. The average molecular weight is 321 g/mol. The van der Waals surface area contributed by atoms with Crippen molar-refractivity contribution in [1.29, 1.82) is 0 Å². The van der Waals surface area contributed by atoms with Crippen molar-refractivity contribution in [2.75, 3.05) is 14.2 Å². The molecule has 1 saturated carbocycles. The molecular weight excluding hydrogens is 294 g/mol. The summed E-state index contributed by atoms with van der Waals surface area (Å²) in [5.41, 5.74) is 1.23. The highest BCUT2D eigenvalue weighted by atomic mass is 16.5. The van der Waals surface area contributed by atoms with Gasteiger partial charge in [0.15, 0.2) is 0 Å². The Morgan fingerprint density at radius 2 is 1.96 bits per heavy atom. The largest absolute Gasteiger partial charge is 0.496 e. The molecule has 1 N–H and O–H groups in total. The molecule has 0 saturated heterocycles. The fraction of sp³-hybridized carbons (Fsp3) is 0.556. The Balaban J connectivity index is 0.000000570. The molecule has 0 aliphatic heterocycles. The number of ether oxygens (including phenoxy) is 2. The van der Waals surface area contributed by atoms with Gasteiger partial charge in [-0.3, -0.25) is 4.79 Å². The summed E-state index contributed by atoms with van der Waals surface area (Å²) in [4.78, 5) is 22.7. The van der Waals surface area contributed by atoms with Gasteiger partial charge in [0.1, 0.15) is 11.3 Å². The molecule has 2 unspecified atom stereocenters. The third-order valence-electron chi connectivity index (χ3n) is 4.19. The fourth-order valence-electron chi connectivity index (χ4n) is 2.36. The SMILES string of the molecule is C1CCC1.C=C(CC)C1C=CC(OC)=C(C(=O)OC)C1NC=O. The van der Waals surface area contributed by atoms with Crippen LogP contribution in [0.4, 0.5) is 0 Å². The minimum Gasteiger partial charge on any atom is -0.496 e. The number of hydrogen-bond donors (Lipinski definition) is 1. The first-order valence-electron chi connectivity index (χ1n) is 8.02. The van der Waals surface area contributed by atoms with Gasteiger partial charge in [-0.2, -0.15) is 0 Å². The highest BCUT2D eigenvalue weighted by molar-refractivity contribution is 5.92. The summed E-state index contributed by atoms with van der Waals surface area (Å²) in [6.07, 6.45) is 10.9. The molecule has 2 atom stereocenters. The molecule has 0 heterocycles. The molecule has 2 rings (SSSR count). The van der Waals surface area contributed by atoms with Gasteiger partial charge in [-0.15, -0.1) is 0 Å². The number of methoxy groups -OCH3 is 2. The van der Waals surface area contributed by atoms with Crippen molar-refractivity contribution >= 4 is 12.4 Å². The highest BCUT2D eigenvalue weighted by Crippen LogP contribution is 2.30. The van der Waals surface area contributed by atoms with Gasteiger partial charge in [0.05, 0.1) is 20.3 Å². The molecule has 5 heteroatoms. The van der Waals surface area contributed by atoms with Gasteiger partial charge in [-0.05, 0) is 12.5 Å². The number of carbonyl (C=O) groups excluding carboxylic acids is 2. The molecule has 128 valence electrons. The molecule has 0 bridgehead atoms. The first-order chi connectivity index (χ1) is 11.1. The third kappa shape index (κ3) is 4.98. The molecular formula is C18H27NO4. The molecule has 0 aromatic carbocycles. The second-order valence-electron chi connectivity index (χ2n) is 5.55. The van der Waals surface area contributed by atoms with E-state index in [0.29, 0.717) is 17.7 Å². The van der Waals surface area contributed by atoms with Crippen LogP contribution in [0, 0.1) is 5.92 Å². The smallest absolute Gasteiger partial charge is 0.339 e. The van der Waals surface area contributed by atoms with Gasteiger partial charge in [0, 0.05) is 5.92 Å². The van der Waals surface area contributed by atoms with Crippen LogP contribution < -0.4 is 5.32 Å².